The monoisotopic (exact) mass is 211 g/mol. The van der Waals surface area contributed by atoms with Gasteiger partial charge in [-0.3, -0.25) is 0 Å². The molecule has 1 aromatic carbocycles. The lowest BCUT2D eigenvalue weighted by Crippen LogP contribution is -2.21. The predicted molar refractivity (Wildman–Crippen MR) is 56.9 cm³/mol. The molecule has 1 aliphatic rings. The average Bonchev–Trinajstić information content (AvgIpc) is 2.23. The molecule has 0 bridgehead atoms. The van der Waals surface area contributed by atoms with Crippen molar-refractivity contribution >= 4 is 17.2 Å². The molecule has 0 radical (unpaired) electrons. The highest BCUT2D eigenvalue weighted by molar-refractivity contribution is 6.30. The van der Waals surface area contributed by atoms with E-state index in [1.807, 2.05) is 0 Å². The molecule has 1 heterocycles. The Labute approximate surface area is 87.6 Å². The van der Waals surface area contributed by atoms with E-state index in [0.717, 1.165) is 25.1 Å². The molecule has 0 amide bonds. The van der Waals surface area contributed by atoms with Crippen LogP contribution in [0.5, 0.6) is 0 Å². The molecule has 3 heteroatoms. The van der Waals surface area contributed by atoms with Crippen molar-refractivity contribution in [1.82, 2.24) is 5.32 Å². The van der Waals surface area contributed by atoms with Crippen molar-refractivity contribution in [3.8, 4) is 0 Å². The molecule has 0 aliphatic carbocycles. The highest BCUT2D eigenvalue weighted by Gasteiger charge is 2.07. The molecule has 74 valence electrons. The molecule has 0 unspecified atom stereocenters. The summed E-state index contributed by atoms with van der Waals surface area (Å²) in [7, 11) is 0. The fourth-order valence-electron chi connectivity index (χ4n) is 1.56. The van der Waals surface area contributed by atoms with Crippen LogP contribution in [-0.2, 0) is 0 Å². The van der Waals surface area contributed by atoms with Crippen LogP contribution in [0.4, 0.5) is 4.39 Å². The molecule has 0 fully saturated rings. The first kappa shape index (κ1) is 9.69. The third-order valence-electron chi connectivity index (χ3n) is 2.32. The van der Waals surface area contributed by atoms with Crippen LogP contribution >= 0.6 is 11.6 Å². The Bertz CT molecular complexity index is 374. The Balaban J connectivity index is 2.32. The summed E-state index contributed by atoms with van der Waals surface area (Å²) >= 11 is 5.71. The maximum absolute atomic E-state index is 12.9. The molecule has 0 atom stereocenters. The van der Waals surface area contributed by atoms with E-state index in [4.69, 9.17) is 11.6 Å². The molecule has 0 saturated heterocycles. The molecule has 1 aromatic rings. The Morgan fingerprint density at radius 1 is 1.36 bits per heavy atom. The number of halogens is 2. The van der Waals surface area contributed by atoms with Gasteiger partial charge in [-0.15, -0.1) is 0 Å². The Hall–Kier alpha value is -0.860. The van der Waals surface area contributed by atoms with E-state index in [2.05, 4.69) is 11.4 Å². The van der Waals surface area contributed by atoms with E-state index in [-0.39, 0.29) is 10.8 Å². The molecule has 14 heavy (non-hydrogen) atoms. The number of hydrogen-bond donors (Lipinski definition) is 1. The van der Waals surface area contributed by atoms with Crippen LogP contribution in [-0.4, -0.2) is 13.1 Å². The van der Waals surface area contributed by atoms with Gasteiger partial charge in [-0.1, -0.05) is 23.7 Å². The molecule has 0 saturated carbocycles. The Kier molecular flexibility index (Phi) is 2.85. The SMILES string of the molecule is Fc1ccc(C2=CCCNC2)cc1Cl. The van der Waals surface area contributed by atoms with E-state index in [9.17, 15) is 4.39 Å². The lowest BCUT2D eigenvalue weighted by atomic mass is 10.0. The lowest BCUT2D eigenvalue weighted by molar-refractivity contribution is 0.628. The summed E-state index contributed by atoms with van der Waals surface area (Å²) in [6.07, 6.45) is 3.18. The van der Waals surface area contributed by atoms with Gasteiger partial charge in [0.25, 0.3) is 0 Å². The van der Waals surface area contributed by atoms with Gasteiger partial charge in [0.1, 0.15) is 5.82 Å². The number of rotatable bonds is 1. The van der Waals surface area contributed by atoms with Gasteiger partial charge in [0, 0.05) is 6.54 Å². The number of nitrogens with one attached hydrogen (secondary N) is 1. The smallest absolute Gasteiger partial charge is 0.141 e. The summed E-state index contributed by atoms with van der Waals surface area (Å²) < 4.78 is 12.9. The van der Waals surface area contributed by atoms with Crippen LogP contribution in [0.3, 0.4) is 0 Å². The lowest BCUT2D eigenvalue weighted by Gasteiger charge is -2.14. The Morgan fingerprint density at radius 2 is 2.21 bits per heavy atom. The van der Waals surface area contributed by atoms with Gasteiger partial charge >= 0.3 is 0 Å². The molecule has 1 nitrogen and oxygen atoms in total. The molecule has 0 aromatic heterocycles. The summed E-state index contributed by atoms with van der Waals surface area (Å²) in [5.41, 5.74) is 2.20. The maximum atomic E-state index is 12.9. The van der Waals surface area contributed by atoms with Crippen LogP contribution in [0.25, 0.3) is 5.57 Å². The van der Waals surface area contributed by atoms with Gasteiger partial charge in [-0.05, 0) is 36.2 Å². The van der Waals surface area contributed by atoms with E-state index >= 15 is 0 Å². The minimum Gasteiger partial charge on any atom is -0.312 e. The third kappa shape index (κ3) is 1.97. The van der Waals surface area contributed by atoms with E-state index < -0.39 is 0 Å². The standard InChI is InChI=1S/C11H11ClFN/c12-10-6-8(3-4-11(10)13)9-2-1-5-14-7-9/h2-4,6,14H,1,5,7H2. The van der Waals surface area contributed by atoms with Gasteiger partial charge in [0.15, 0.2) is 0 Å². The first-order valence-corrected chi connectivity index (χ1v) is 5.00. The van der Waals surface area contributed by atoms with Crippen LogP contribution in [0, 0.1) is 5.82 Å². The minimum atomic E-state index is -0.361. The third-order valence-corrected chi connectivity index (χ3v) is 2.61. The highest BCUT2D eigenvalue weighted by atomic mass is 35.5. The first-order valence-electron chi connectivity index (χ1n) is 4.62. The summed E-state index contributed by atoms with van der Waals surface area (Å²) in [6.45, 7) is 1.85. The normalized spacial score (nSPS) is 16.6. The maximum Gasteiger partial charge on any atom is 0.141 e. The first-order chi connectivity index (χ1) is 6.77. The number of benzene rings is 1. The van der Waals surface area contributed by atoms with Crippen LogP contribution < -0.4 is 5.32 Å². The largest absolute Gasteiger partial charge is 0.312 e. The fraction of sp³-hybridized carbons (Fsp3) is 0.273. The van der Waals surface area contributed by atoms with Crippen LogP contribution in [0.1, 0.15) is 12.0 Å². The van der Waals surface area contributed by atoms with Crippen molar-refractivity contribution in [2.45, 2.75) is 6.42 Å². The average molecular weight is 212 g/mol. The minimum absolute atomic E-state index is 0.189. The molecule has 0 spiro atoms. The molecule has 1 aliphatic heterocycles. The van der Waals surface area contributed by atoms with Crippen LogP contribution in [0.15, 0.2) is 24.3 Å². The summed E-state index contributed by atoms with van der Waals surface area (Å²) in [4.78, 5) is 0. The zero-order valence-electron chi connectivity index (χ0n) is 7.69. The van der Waals surface area contributed by atoms with Gasteiger partial charge in [0.2, 0.25) is 0 Å². The molecule has 1 N–H and O–H groups in total. The fourth-order valence-corrected chi connectivity index (χ4v) is 1.74. The van der Waals surface area contributed by atoms with E-state index in [1.165, 1.54) is 11.6 Å². The van der Waals surface area contributed by atoms with E-state index in [1.54, 1.807) is 12.1 Å². The Morgan fingerprint density at radius 3 is 2.86 bits per heavy atom. The summed E-state index contributed by atoms with van der Waals surface area (Å²) in [5.74, 6) is -0.361. The molecule has 2 rings (SSSR count). The van der Waals surface area contributed by atoms with Crippen molar-refractivity contribution < 1.29 is 4.39 Å². The zero-order valence-corrected chi connectivity index (χ0v) is 8.44. The molecular formula is C11H11ClFN. The summed E-state index contributed by atoms with van der Waals surface area (Å²) in [5, 5.41) is 3.45. The van der Waals surface area contributed by atoms with Gasteiger partial charge in [-0.25, -0.2) is 4.39 Å². The van der Waals surface area contributed by atoms with Crippen LogP contribution in [0.2, 0.25) is 5.02 Å². The van der Waals surface area contributed by atoms with Gasteiger partial charge in [0.05, 0.1) is 5.02 Å². The van der Waals surface area contributed by atoms with Crippen molar-refractivity contribution in [1.29, 1.82) is 0 Å². The van der Waals surface area contributed by atoms with Crippen molar-refractivity contribution in [3.05, 3.63) is 40.7 Å². The van der Waals surface area contributed by atoms with Gasteiger partial charge in [-0.2, -0.15) is 0 Å². The van der Waals surface area contributed by atoms with Crippen molar-refractivity contribution in [2.24, 2.45) is 0 Å². The topological polar surface area (TPSA) is 12.0 Å². The zero-order chi connectivity index (χ0) is 9.97. The summed E-state index contributed by atoms with van der Waals surface area (Å²) in [6, 6.07) is 4.85. The number of hydrogen-bond acceptors (Lipinski definition) is 1. The van der Waals surface area contributed by atoms with Crippen molar-refractivity contribution in [2.75, 3.05) is 13.1 Å². The second-order valence-corrected chi connectivity index (χ2v) is 3.73. The van der Waals surface area contributed by atoms with Crippen molar-refractivity contribution in [3.63, 3.8) is 0 Å². The second kappa shape index (κ2) is 4.11. The predicted octanol–water partition coefficient (Wildman–Crippen LogP) is 2.86. The van der Waals surface area contributed by atoms with Gasteiger partial charge < -0.3 is 5.32 Å². The second-order valence-electron chi connectivity index (χ2n) is 3.32. The molecular weight excluding hydrogens is 201 g/mol. The highest BCUT2D eigenvalue weighted by Crippen LogP contribution is 2.22. The van der Waals surface area contributed by atoms with E-state index in [0.29, 0.717) is 0 Å². The quantitative estimate of drug-likeness (QED) is 0.753.